The molecule has 0 unspecified atom stereocenters. The lowest BCUT2D eigenvalue weighted by molar-refractivity contribution is 1.17. The number of rotatable bonds is 4. The van der Waals surface area contributed by atoms with E-state index in [-0.39, 0.29) is 0 Å². The lowest BCUT2D eigenvalue weighted by Gasteiger charge is -2.13. The van der Waals surface area contributed by atoms with Crippen molar-refractivity contribution in [2.45, 2.75) is 32.1 Å². The zero-order chi connectivity index (χ0) is 10.4. The van der Waals surface area contributed by atoms with Crippen LogP contribution < -0.4 is 0 Å². The first kappa shape index (κ1) is 11.3. The molecule has 14 heavy (non-hydrogen) atoms. The summed E-state index contributed by atoms with van der Waals surface area (Å²) in [6.07, 6.45) is 5.75. The molecule has 1 rings (SSSR count). The van der Waals surface area contributed by atoms with Gasteiger partial charge in [0.2, 0.25) is 0 Å². The highest BCUT2D eigenvalue weighted by Crippen LogP contribution is 2.12. The first-order chi connectivity index (χ1) is 6.58. The van der Waals surface area contributed by atoms with E-state index >= 15 is 0 Å². The Morgan fingerprint density at radius 1 is 1.07 bits per heavy atom. The van der Waals surface area contributed by atoms with Gasteiger partial charge in [-0.3, -0.25) is 0 Å². The summed E-state index contributed by atoms with van der Waals surface area (Å²) < 4.78 is 0. The molecule has 0 spiro atoms. The van der Waals surface area contributed by atoms with Crippen LogP contribution >= 0.6 is 0 Å². The summed E-state index contributed by atoms with van der Waals surface area (Å²) >= 11 is 0. The fourth-order valence-electron chi connectivity index (χ4n) is 1.30. The highest BCUT2D eigenvalue weighted by Gasteiger charge is 2.10. The van der Waals surface area contributed by atoms with Crippen molar-refractivity contribution in [1.29, 1.82) is 0 Å². The largest absolute Gasteiger partial charge is 0.0842 e. The predicted molar refractivity (Wildman–Crippen MR) is 68.2 cm³/mol. The smallest absolute Gasteiger partial charge is 0.0445 e. The van der Waals surface area contributed by atoms with Gasteiger partial charge in [-0.05, 0) is 12.0 Å². The van der Waals surface area contributed by atoms with Gasteiger partial charge >= 0.3 is 0 Å². The maximum absolute atomic E-state index is 2.42. The van der Waals surface area contributed by atoms with E-state index in [1.807, 2.05) is 0 Å². The standard InChI is InChI=1S/C13H20Si/c1-14(2,3)12-8-7-11-13-9-5-4-6-10-13/h4-7,9-11H,8,12H2,1-3H3. The van der Waals surface area contributed by atoms with E-state index in [9.17, 15) is 0 Å². The summed E-state index contributed by atoms with van der Waals surface area (Å²) in [5, 5.41) is 0. The molecular weight excluding hydrogens is 184 g/mol. The fraction of sp³-hybridized carbons (Fsp3) is 0.385. The van der Waals surface area contributed by atoms with Crippen LogP contribution in [-0.4, -0.2) is 8.07 Å². The number of allylic oxidation sites excluding steroid dienone is 1. The summed E-state index contributed by atoms with van der Waals surface area (Å²) in [5.74, 6) is 0. The van der Waals surface area contributed by atoms with Gasteiger partial charge in [0.05, 0.1) is 0 Å². The van der Waals surface area contributed by atoms with Crippen LogP contribution in [0.5, 0.6) is 0 Å². The first-order valence-corrected chi connectivity index (χ1v) is 9.00. The molecule has 0 N–H and O–H groups in total. The summed E-state index contributed by atoms with van der Waals surface area (Å²) in [7, 11) is -0.847. The molecule has 0 aliphatic rings. The molecule has 1 aromatic carbocycles. The minimum absolute atomic E-state index is 0.847. The molecule has 0 saturated carbocycles. The molecule has 0 aliphatic carbocycles. The minimum atomic E-state index is -0.847. The highest BCUT2D eigenvalue weighted by atomic mass is 28.3. The summed E-state index contributed by atoms with van der Waals surface area (Å²) in [4.78, 5) is 0. The molecule has 0 saturated heterocycles. The third-order valence-electron chi connectivity index (χ3n) is 2.17. The minimum Gasteiger partial charge on any atom is -0.0842 e. The van der Waals surface area contributed by atoms with Crippen molar-refractivity contribution in [3.63, 3.8) is 0 Å². The molecule has 0 amide bonds. The summed E-state index contributed by atoms with van der Waals surface area (Å²) in [6.45, 7) is 7.26. The van der Waals surface area contributed by atoms with Crippen LogP contribution in [0.2, 0.25) is 25.7 Å². The van der Waals surface area contributed by atoms with Gasteiger partial charge in [-0.1, -0.05) is 68.2 Å². The molecule has 0 bridgehead atoms. The Morgan fingerprint density at radius 3 is 2.29 bits per heavy atom. The highest BCUT2D eigenvalue weighted by molar-refractivity contribution is 6.76. The maximum Gasteiger partial charge on any atom is 0.0445 e. The molecule has 0 radical (unpaired) electrons. The van der Waals surface area contributed by atoms with Crippen molar-refractivity contribution in [3.05, 3.63) is 42.0 Å². The van der Waals surface area contributed by atoms with Crippen molar-refractivity contribution in [2.75, 3.05) is 0 Å². The van der Waals surface area contributed by atoms with Crippen molar-refractivity contribution in [3.8, 4) is 0 Å². The van der Waals surface area contributed by atoms with Crippen LogP contribution in [0, 0.1) is 0 Å². The van der Waals surface area contributed by atoms with E-state index in [2.05, 4.69) is 62.1 Å². The average molecular weight is 204 g/mol. The molecule has 1 heteroatoms. The summed E-state index contributed by atoms with van der Waals surface area (Å²) in [5.41, 5.74) is 1.31. The second-order valence-corrected chi connectivity index (χ2v) is 10.5. The van der Waals surface area contributed by atoms with Crippen LogP contribution in [0.25, 0.3) is 6.08 Å². The third-order valence-corrected chi connectivity index (χ3v) is 3.96. The molecule has 0 aliphatic heterocycles. The van der Waals surface area contributed by atoms with Gasteiger partial charge in [0.1, 0.15) is 0 Å². The number of hydrogen-bond acceptors (Lipinski definition) is 0. The number of benzene rings is 1. The topological polar surface area (TPSA) is 0 Å². The lowest BCUT2D eigenvalue weighted by Crippen LogP contribution is -2.18. The second kappa shape index (κ2) is 5.16. The molecule has 0 nitrogen and oxygen atoms in total. The van der Waals surface area contributed by atoms with Crippen LogP contribution in [0.3, 0.4) is 0 Å². The van der Waals surface area contributed by atoms with Gasteiger partial charge in [0, 0.05) is 8.07 Å². The van der Waals surface area contributed by atoms with E-state index < -0.39 is 8.07 Å². The molecule has 76 valence electrons. The van der Waals surface area contributed by atoms with E-state index in [1.54, 1.807) is 0 Å². The van der Waals surface area contributed by atoms with Crippen molar-refractivity contribution in [2.24, 2.45) is 0 Å². The Labute approximate surface area is 88.7 Å². The zero-order valence-corrected chi connectivity index (χ0v) is 10.5. The molecule has 0 fully saturated rings. The van der Waals surface area contributed by atoms with Crippen LogP contribution in [0.1, 0.15) is 12.0 Å². The molecule has 0 heterocycles. The first-order valence-electron chi connectivity index (χ1n) is 5.29. The van der Waals surface area contributed by atoms with E-state index in [0.29, 0.717) is 0 Å². The Balaban J connectivity index is 2.35. The number of hydrogen-bond donors (Lipinski definition) is 0. The maximum atomic E-state index is 2.42. The monoisotopic (exact) mass is 204 g/mol. The van der Waals surface area contributed by atoms with Crippen LogP contribution in [-0.2, 0) is 0 Å². The SMILES string of the molecule is C[Si](C)(C)CCC=Cc1ccccc1. The molecular formula is C13H20Si. The Hall–Kier alpha value is -0.823. The van der Waals surface area contributed by atoms with Crippen LogP contribution in [0.15, 0.2) is 36.4 Å². The third kappa shape index (κ3) is 5.03. The van der Waals surface area contributed by atoms with Crippen molar-refractivity contribution >= 4 is 14.1 Å². The van der Waals surface area contributed by atoms with Crippen LogP contribution in [0.4, 0.5) is 0 Å². The molecule has 0 atom stereocenters. The van der Waals surface area contributed by atoms with E-state index in [4.69, 9.17) is 0 Å². The van der Waals surface area contributed by atoms with E-state index in [1.165, 1.54) is 18.0 Å². The van der Waals surface area contributed by atoms with Gasteiger partial charge in [-0.2, -0.15) is 0 Å². The zero-order valence-electron chi connectivity index (χ0n) is 9.46. The van der Waals surface area contributed by atoms with E-state index in [0.717, 1.165) is 0 Å². The Bertz CT molecular complexity index is 280. The fourth-order valence-corrected chi connectivity index (χ4v) is 2.33. The normalized spacial score (nSPS) is 12.2. The predicted octanol–water partition coefficient (Wildman–Crippen LogP) is 4.43. The van der Waals surface area contributed by atoms with Gasteiger partial charge in [-0.25, -0.2) is 0 Å². The Morgan fingerprint density at radius 2 is 1.71 bits per heavy atom. The quantitative estimate of drug-likeness (QED) is 0.637. The van der Waals surface area contributed by atoms with Gasteiger partial charge < -0.3 is 0 Å². The Kier molecular flexibility index (Phi) is 4.14. The summed E-state index contributed by atoms with van der Waals surface area (Å²) in [6, 6.07) is 11.9. The molecule has 0 aromatic heterocycles. The van der Waals surface area contributed by atoms with Gasteiger partial charge in [0.15, 0.2) is 0 Å². The average Bonchev–Trinajstić information content (AvgIpc) is 2.13. The van der Waals surface area contributed by atoms with Crippen molar-refractivity contribution in [1.82, 2.24) is 0 Å². The second-order valence-electron chi connectivity index (χ2n) is 4.91. The van der Waals surface area contributed by atoms with Gasteiger partial charge in [-0.15, -0.1) is 0 Å². The lowest BCUT2D eigenvalue weighted by atomic mass is 10.2. The molecule has 1 aromatic rings. The van der Waals surface area contributed by atoms with Gasteiger partial charge in [0.25, 0.3) is 0 Å². The van der Waals surface area contributed by atoms with Crippen molar-refractivity contribution < 1.29 is 0 Å².